The van der Waals surface area contributed by atoms with Gasteiger partial charge in [0, 0.05) is 5.56 Å². The number of ether oxygens (including phenoxy) is 1. The average Bonchev–Trinajstić information content (AvgIpc) is 2.65. The van der Waals surface area contributed by atoms with Crippen LogP contribution in [0.4, 0.5) is 5.69 Å². The number of hydrogen-bond acceptors (Lipinski definition) is 3. The quantitative estimate of drug-likeness (QED) is 0.821. The lowest BCUT2D eigenvalue weighted by atomic mass is 9.95. The first-order valence-electron chi connectivity index (χ1n) is 10.1. The second kappa shape index (κ2) is 8.66. The zero-order valence-electron chi connectivity index (χ0n) is 17.1. The van der Waals surface area contributed by atoms with E-state index in [2.05, 4.69) is 49.9 Å². The Morgan fingerprint density at radius 3 is 2.52 bits per heavy atom. The molecule has 0 spiro atoms. The first-order valence-corrected chi connectivity index (χ1v) is 10.1. The van der Waals surface area contributed by atoms with Crippen molar-refractivity contribution in [3.63, 3.8) is 0 Å². The molecule has 1 aliphatic rings. The molecule has 0 aliphatic carbocycles. The Kier molecular flexibility index (Phi) is 6.27. The standard InChI is InChI=1S/C23H32N2O2/c1-5-27-23-9-7-6-8-21(23)25-12-10-24(11-13-25)16-19-15-20(17(2)3)18(4)14-22(19)26/h6-9,14-15,17,26H,5,10-13,16H2,1-4H3/p+1. The number of hydrogen-bond donors (Lipinski definition) is 2. The van der Waals surface area contributed by atoms with Gasteiger partial charge in [-0.05, 0) is 55.2 Å². The third kappa shape index (κ3) is 4.56. The van der Waals surface area contributed by atoms with Crippen LogP contribution in [0.2, 0.25) is 0 Å². The number of nitrogens with zero attached hydrogens (tertiary/aromatic N) is 1. The molecule has 1 fully saturated rings. The highest BCUT2D eigenvalue weighted by Gasteiger charge is 2.23. The fraction of sp³-hybridized carbons (Fsp3) is 0.478. The highest BCUT2D eigenvalue weighted by molar-refractivity contribution is 5.58. The zero-order chi connectivity index (χ0) is 19.4. The lowest BCUT2D eigenvalue weighted by molar-refractivity contribution is -0.914. The van der Waals surface area contributed by atoms with Crippen molar-refractivity contribution in [2.75, 3.05) is 37.7 Å². The van der Waals surface area contributed by atoms with Gasteiger partial charge in [-0.15, -0.1) is 0 Å². The van der Waals surface area contributed by atoms with Gasteiger partial charge in [0.25, 0.3) is 0 Å². The molecule has 0 radical (unpaired) electrons. The monoisotopic (exact) mass is 369 g/mol. The maximum atomic E-state index is 10.4. The van der Waals surface area contributed by atoms with Crippen molar-refractivity contribution in [1.82, 2.24) is 0 Å². The smallest absolute Gasteiger partial charge is 0.142 e. The summed E-state index contributed by atoms with van der Waals surface area (Å²) in [6, 6.07) is 12.4. The van der Waals surface area contributed by atoms with Gasteiger partial charge >= 0.3 is 0 Å². The van der Waals surface area contributed by atoms with Gasteiger partial charge in [-0.25, -0.2) is 0 Å². The normalized spacial score (nSPS) is 15.4. The lowest BCUT2D eigenvalue weighted by Gasteiger charge is -2.34. The number of piperazine rings is 1. The van der Waals surface area contributed by atoms with Crippen LogP contribution in [0.5, 0.6) is 11.5 Å². The Morgan fingerprint density at radius 2 is 1.85 bits per heavy atom. The van der Waals surface area contributed by atoms with E-state index in [0.717, 1.165) is 44.0 Å². The van der Waals surface area contributed by atoms with Crippen LogP contribution in [0.1, 0.15) is 43.4 Å². The number of rotatable bonds is 6. The fourth-order valence-electron chi connectivity index (χ4n) is 4.03. The summed E-state index contributed by atoms with van der Waals surface area (Å²) in [6.07, 6.45) is 0. The molecule has 0 unspecified atom stereocenters. The van der Waals surface area contributed by atoms with Gasteiger partial charge in [0.1, 0.15) is 18.0 Å². The van der Waals surface area contributed by atoms with Crippen LogP contribution < -0.4 is 14.5 Å². The molecule has 1 heterocycles. The van der Waals surface area contributed by atoms with E-state index in [1.165, 1.54) is 21.7 Å². The van der Waals surface area contributed by atoms with E-state index in [4.69, 9.17) is 4.74 Å². The van der Waals surface area contributed by atoms with Crippen LogP contribution in [-0.4, -0.2) is 37.9 Å². The third-order valence-corrected chi connectivity index (χ3v) is 5.51. The van der Waals surface area contributed by atoms with Crippen LogP contribution in [0.15, 0.2) is 36.4 Å². The number of anilines is 1. The maximum absolute atomic E-state index is 10.4. The van der Waals surface area contributed by atoms with Crippen LogP contribution in [0.3, 0.4) is 0 Å². The number of para-hydroxylation sites is 2. The number of aromatic hydroxyl groups is 1. The predicted octanol–water partition coefficient (Wildman–Crippen LogP) is 3.13. The minimum absolute atomic E-state index is 0.438. The summed E-state index contributed by atoms with van der Waals surface area (Å²) in [5.41, 5.74) is 4.78. The summed E-state index contributed by atoms with van der Waals surface area (Å²) >= 11 is 0. The fourth-order valence-corrected chi connectivity index (χ4v) is 4.03. The first-order chi connectivity index (χ1) is 13.0. The molecule has 0 bridgehead atoms. The number of nitrogens with one attached hydrogen (secondary N) is 1. The third-order valence-electron chi connectivity index (χ3n) is 5.51. The van der Waals surface area contributed by atoms with Gasteiger partial charge in [0.2, 0.25) is 0 Å². The molecule has 1 aliphatic heterocycles. The molecule has 0 saturated carbocycles. The molecular weight excluding hydrogens is 336 g/mol. The van der Waals surface area contributed by atoms with Crippen molar-refractivity contribution < 1.29 is 14.7 Å². The summed E-state index contributed by atoms with van der Waals surface area (Å²) in [5.74, 6) is 1.89. The van der Waals surface area contributed by atoms with E-state index in [9.17, 15) is 5.11 Å². The first kappa shape index (κ1) is 19.6. The minimum atomic E-state index is 0.438. The van der Waals surface area contributed by atoms with E-state index in [-0.39, 0.29) is 0 Å². The number of aryl methyl sites for hydroxylation is 1. The van der Waals surface area contributed by atoms with Crippen molar-refractivity contribution >= 4 is 5.69 Å². The molecule has 0 atom stereocenters. The van der Waals surface area contributed by atoms with Crippen LogP contribution in [-0.2, 0) is 6.54 Å². The van der Waals surface area contributed by atoms with Crippen molar-refractivity contribution in [3.05, 3.63) is 53.1 Å². The SMILES string of the molecule is CCOc1ccccc1N1CC[NH+](Cc2cc(C(C)C)c(C)cc2O)CC1. The molecule has 4 heteroatoms. The van der Waals surface area contributed by atoms with E-state index in [0.29, 0.717) is 18.3 Å². The van der Waals surface area contributed by atoms with E-state index < -0.39 is 0 Å². The average molecular weight is 370 g/mol. The molecule has 0 amide bonds. The molecule has 27 heavy (non-hydrogen) atoms. The Balaban J connectivity index is 1.66. The second-order valence-corrected chi connectivity index (χ2v) is 7.81. The largest absolute Gasteiger partial charge is 0.507 e. The zero-order valence-corrected chi connectivity index (χ0v) is 17.1. The van der Waals surface area contributed by atoms with Crippen molar-refractivity contribution in [3.8, 4) is 11.5 Å². The Hall–Kier alpha value is -2.20. The van der Waals surface area contributed by atoms with E-state index in [1.807, 2.05) is 19.1 Å². The van der Waals surface area contributed by atoms with Crippen molar-refractivity contribution in [2.24, 2.45) is 0 Å². The highest BCUT2D eigenvalue weighted by Crippen LogP contribution is 2.28. The number of quaternary nitrogens is 1. The van der Waals surface area contributed by atoms with Crippen LogP contribution >= 0.6 is 0 Å². The van der Waals surface area contributed by atoms with Crippen molar-refractivity contribution in [1.29, 1.82) is 0 Å². The molecule has 4 nitrogen and oxygen atoms in total. The Bertz CT molecular complexity index is 765. The van der Waals surface area contributed by atoms with Crippen LogP contribution in [0, 0.1) is 6.92 Å². The summed E-state index contributed by atoms with van der Waals surface area (Å²) in [5, 5.41) is 10.4. The van der Waals surface area contributed by atoms with Gasteiger partial charge in [-0.1, -0.05) is 26.0 Å². The molecule has 2 aromatic carbocycles. The van der Waals surface area contributed by atoms with Gasteiger partial charge in [0.05, 0.1) is 38.5 Å². The van der Waals surface area contributed by atoms with Gasteiger partial charge in [0.15, 0.2) is 0 Å². The molecule has 3 rings (SSSR count). The highest BCUT2D eigenvalue weighted by atomic mass is 16.5. The van der Waals surface area contributed by atoms with Crippen molar-refractivity contribution in [2.45, 2.75) is 40.2 Å². The van der Waals surface area contributed by atoms with Gasteiger partial charge < -0.3 is 19.6 Å². The second-order valence-electron chi connectivity index (χ2n) is 7.81. The number of benzene rings is 2. The molecule has 2 aromatic rings. The summed E-state index contributed by atoms with van der Waals surface area (Å²) in [4.78, 5) is 3.94. The van der Waals surface area contributed by atoms with E-state index >= 15 is 0 Å². The molecule has 2 N–H and O–H groups in total. The minimum Gasteiger partial charge on any atom is -0.507 e. The molecule has 146 valence electrons. The van der Waals surface area contributed by atoms with Gasteiger partial charge in [-0.2, -0.15) is 0 Å². The predicted molar refractivity (Wildman–Crippen MR) is 111 cm³/mol. The topological polar surface area (TPSA) is 37.1 Å². The van der Waals surface area contributed by atoms with Crippen LogP contribution in [0.25, 0.3) is 0 Å². The summed E-state index contributed by atoms with van der Waals surface area (Å²) in [6.45, 7) is 14.2. The molecule has 1 saturated heterocycles. The Morgan fingerprint density at radius 1 is 1.15 bits per heavy atom. The van der Waals surface area contributed by atoms with E-state index in [1.54, 1.807) is 0 Å². The Labute approximate surface area is 163 Å². The molecular formula is C23H33N2O2+. The van der Waals surface area contributed by atoms with Gasteiger partial charge in [-0.3, -0.25) is 0 Å². The lowest BCUT2D eigenvalue weighted by Crippen LogP contribution is -3.13. The maximum Gasteiger partial charge on any atom is 0.142 e. The summed E-state index contributed by atoms with van der Waals surface area (Å²) in [7, 11) is 0. The molecule has 0 aromatic heterocycles. The number of phenolic OH excluding ortho intramolecular Hbond substituents is 1. The summed E-state index contributed by atoms with van der Waals surface area (Å²) < 4.78 is 5.79. The number of phenols is 1.